The molecule has 0 saturated carbocycles. The van der Waals surface area contributed by atoms with Gasteiger partial charge in [-0.25, -0.2) is 0 Å². The quantitative estimate of drug-likeness (QED) is 0.862. The van der Waals surface area contributed by atoms with Crippen LogP contribution >= 0.6 is 0 Å². The van der Waals surface area contributed by atoms with Gasteiger partial charge in [0.1, 0.15) is 6.07 Å². The fourth-order valence-corrected chi connectivity index (χ4v) is 3.75. The summed E-state index contributed by atoms with van der Waals surface area (Å²) in [7, 11) is 1.77. The third-order valence-corrected chi connectivity index (χ3v) is 4.77. The van der Waals surface area contributed by atoms with Gasteiger partial charge in [0, 0.05) is 31.2 Å². The summed E-state index contributed by atoms with van der Waals surface area (Å²) in [6.45, 7) is 6.38. The maximum atomic E-state index is 10.9. The highest BCUT2D eigenvalue weighted by Gasteiger charge is 2.26. The minimum absolute atomic E-state index is 0.0279. The molecule has 1 unspecified atom stereocenters. The highest BCUT2D eigenvalue weighted by molar-refractivity contribution is 5.96. The summed E-state index contributed by atoms with van der Waals surface area (Å²) in [6.07, 6.45) is 1.52. The number of benzene rings is 1. The van der Waals surface area contributed by atoms with E-state index >= 15 is 0 Å². The summed E-state index contributed by atoms with van der Waals surface area (Å²) in [5.74, 6) is -0.858. The first-order valence-corrected chi connectivity index (χ1v) is 8.96. The van der Waals surface area contributed by atoms with Gasteiger partial charge in [-0.05, 0) is 32.5 Å². The molecular weight excluding hydrogens is 344 g/mol. The number of hydrogen-bond acceptors (Lipinski definition) is 6. The molecule has 7 nitrogen and oxygen atoms in total. The van der Waals surface area contributed by atoms with E-state index in [-0.39, 0.29) is 12.6 Å². The van der Waals surface area contributed by atoms with Crippen molar-refractivity contribution in [2.75, 3.05) is 44.7 Å². The van der Waals surface area contributed by atoms with E-state index in [1.54, 1.807) is 18.1 Å². The van der Waals surface area contributed by atoms with Crippen molar-refractivity contribution in [2.45, 2.75) is 20.0 Å². The second-order valence-corrected chi connectivity index (χ2v) is 7.14. The molecule has 3 rings (SSSR count). The average molecular weight is 368 g/mol. The Labute approximate surface area is 158 Å². The lowest BCUT2D eigenvalue weighted by atomic mass is 10.0. The van der Waals surface area contributed by atoms with Crippen LogP contribution in [0.4, 0.5) is 5.69 Å². The average Bonchev–Trinajstić information content (AvgIpc) is 2.60. The molecule has 1 saturated heterocycles. The number of fused-ring (bicyclic) bond motifs is 1. The molecule has 0 aliphatic carbocycles. The molecule has 142 valence electrons. The number of carbonyl (C=O) groups is 1. The summed E-state index contributed by atoms with van der Waals surface area (Å²) < 4.78 is 5.84. The molecule has 0 amide bonds. The summed E-state index contributed by atoms with van der Waals surface area (Å²) >= 11 is 0. The van der Waals surface area contributed by atoms with E-state index in [9.17, 15) is 10.1 Å². The van der Waals surface area contributed by atoms with Gasteiger partial charge in [-0.1, -0.05) is 11.6 Å². The first kappa shape index (κ1) is 19.1. The SMILES string of the molecule is Cc1cc(C)c2ncc(C#N)c(N3CCOC(CN(C)CC(=O)O)C3)c2c1. The number of rotatable bonds is 5. The van der Waals surface area contributed by atoms with Crippen LogP contribution in [0.15, 0.2) is 18.3 Å². The zero-order valence-electron chi connectivity index (χ0n) is 15.9. The Morgan fingerprint density at radius 1 is 1.48 bits per heavy atom. The van der Waals surface area contributed by atoms with Crippen LogP contribution in [0.5, 0.6) is 0 Å². The van der Waals surface area contributed by atoms with E-state index in [2.05, 4.69) is 28.1 Å². The van der Waals surface area contributed by atoms with Gasteiger partial charge in [0.25, 0.3) is 0 Å². The molecule has 7 heteroatoms. The van der Waals surface area contributed by atoms with Crippen molar-refractivity contribution in [1.82, 2.24) is 9.88 Å². The van der Waals surface area contributed by atoms with E-state index in [0.717, 1.165) is 27.7 Å². The van der Waals surface area contributed by atoms with Gasteiger partial charge in [-0.2, -0.15) is 5.26 Å². The Bertz CT molecular complexity index is 906. The number of morpholine rings is 1. The standard InChI is InChI=1S/C20H24N4O3/c1-13-6-14(2)19-17(7-13)20(15(8-21)9-22-19)24-4-5-27-16(11-24)10-23(3)12-18(25)26/h6-7,9,16H,4-5,10-12H2,1-3H3,(H,25,26). The van der Waals surface area contributed by atoms with Crippen LogP contribution in [0.3, 0.4) is 0 Å². The predicted octanol–water partition coefficient (Wildman–Crippen LogP) is 1.94. The maximum absolute atomic E-state index is 10.9. The third kappa shape index (κ3) is 4.18. The number of aliphatic carboxylic acids is 1. The van der Waals surface area contributed by atoms with Crippen LogP contribution in [-0.2, 0) is 9.53 Å². The van der Waals surface area contributed by atoms with Crippen LogP contribution in [-0.4, -0.2) is 66.9 Å². The number of carboxylic acids is 1. The first-order chi connectivity index (χ1) is 12.9. The van der Waals surface area contributed by atoms with Gasteiger partial charge in [0.2, 0.25) is 0 Å². The van der Waals surface area contributed by atoms with Crippen molar-refractivity contribution >= 4 is 22.6 Å². The number of likely N-dealkylation sites (N-methyl/N-ethyl adjacent to an activating group) is 1. The number of pyridine rings is 1. The Balaban J connectivity index is 1.94. The molecule has 2 aromatic rings. The second-order valence-electron chi connectivity index (χ2n) is 7.14. The van der Waals surface area contributed by atoms with Crippen molar-refractivity contribution < 1.29 is 14.6 Å². The van der Waals surface area contributed by atoms with E-state index in [1.807, 2.05) is 13.8 Å². The van der Waals surface area contributed by atoms with Gasteiger partial charge >= 0.3 is 5.97 Å². The van der Waals surface area contributed by atoms with Crippen molar-refractivity contribution in [3.63, 3.8) is 0 Å². The zero-order chi connectivity index (χ0) is 19.6. The van der Waals surface area contributed by atoms with Crippen LogP contribution in [0.1, 0.15) is 16.7 Å². The van der Waals surface area contributed by atoms with Crippen LogP contribution < -0.4 is 4.90 Å². The second kappa shape index (κ2) is 7.91. The van der Waals surface area contributed by atoms with Gasteiger partial charge in [-0.3, -0.25) is 14.7 Å². The number of carboxylic acid groups (broad SMARTS) is 1. The summed E-state index contributed by atoms with van der Waals surface area (Å²) in [5.41, 5.74) is 4.56. The Hall–Kier alpha value is -2.69. The molecule has 1 aromatic heterocycles. The largest absolute Gasteiger partial charge is 0.480 e. The minimum atomic E-state index is -0.858. The Kier molecular flexibility index (Phi) is 5.59. The lowest BCUT2D eigenvalue weighted by Crippen LogP contribution is -2.48. The normalized spacial score (nSPS) is 17.3. The van der Waals surface area contributed by atoms with Crippen molar-refractivity contribution in [1.29, 1.82) is 5.26 Å². The molecular formula is C20H24N4O3. The number of ether oxygens (including phenoxy) is 1. The molecule has 1 aliphatic rings. The molecule has 0 bridgehead atoms. The van der Waals surface area contributed by atoms with Crippen molar-refractivity contribution in [2.24, 2.45) is 0 Å². The topological polar surface area (TPSA) is 89.7 Å². The van der Waals surface area contributed by atoms with Gasteiger partial charge in [0.05, 0.1) is 36.0 Å². The number of aromatic nitrogens is 1. The maximum Gasteiger partial charge on any atom is 0.317 e. The smallest absolute Gasteiger partial charge is 0.317 e. The number of nitriles is 1. The third-order valence-electron chi connectivity index (χ3n) is 4.77. The molecule has 0 spiro atoms. The van der Waals surface area contributed by atoms with E-state index < -0.39 is 5.97 Å². The fourth-order valence-electron chi connectivity index (χ4n) is 3.75. The van der Waals surface area contributed by atoms with Crippen LogP contribution in [0.2, 0.25) is 0 Å². The van der Waals surface area contributed by atoms with Gasteiger partial charge in [-0.15, -0.1) is 0 Å². The lowest BCUT2D eigenvalue weighted by molar-refractivity contribution is -0.138. The molecule has 1 N–H and O–H groups in total. The van der Waals surface area contributed by atoms with E-state index in [4.69, 9.17) is 9.84 Å². The predicted molar refractivity (Wildman–Crippen MR) is 103 cm³/mol. The summed E-state index contributed by atoms with van der Waals surface area (Å²) in [4.78, 5) is 19.3. The van der Waals surface area contributed by atoms with Gasteiger partial charge < -0.3 is 14.7 Å². The number of anilines is 1. The Morgan fingerprint density at radius 2 is 2.26 bits per heavy atom. The fraction of sp³-hybridized carbons (Fsp3) is 0.450. The van der Waals surface area contributed by atoms with Crippen molar-refractivity contribution in [3.8, 4) is 6.07 Å². The van der Waals surface area contributed by atoms with Gasteiger partial charge in [0.15, 0.2) is 0 Å². The molecule has 27 heavy (non-hydrogen) atoms. The summed E-state index contributed by atoms with van der Waals surface area (Å²) in [6, 6.07) is 6.44. The molecule has 0 radical (unpaired) electrons. The van der Waals surface area contributed by atoms with E-state index in [0.29, 0.717) is 31.8 Å². The molecule has 1 atom stereocenters. The summed E-state index contributed by atoms with van der Waals surface area (Å²) in [5, 5.41) is 19.6. The zero-order valence-corrected chi connectivity index (χ0v) is 15.9. The monoisotopic (exact) mass is 368 g/mol. The minimum Gasteiger partial charge on any atom is -0.480 e. The Morgan fingerprint density at radius 3 is 2.96 bits per heavy atom. The highest BCUT2D eigenvalue weighted by atomic mass is 16.5. The molecule has 1 aliphatic heterocycles. The van der Waals surface area contributed by atoms with Crippen LogP contribution in [0, 0.1) is 25.2 Å². The number of aryl methyl sites for hydroxylation is 2. The van der Waals surface area contributed by atoms with Crippen LogP contribution in [0.25, 0.3) is 10.9 Å². The molecule has 1 fully saturated rings. The number of hydrogen-bond donors (Lipinski definition) is 1. The highest BCUT2D eigenvalue weighted by Crippen LogP contribution is 2.32. The molecule has 2 heterocycles. The molecule has 1 aromatic carbocycles. The first-order valence-electron chi connectivity index (χ1n) is 8.96. The number of nitrogens with zero attached hydrogens (tertiary/aromatic N) is 4. The lowest BCUT2D eigenvalue weighted by Gasteiger charge is -2.37. The van der Waals surface area contributed by atoms with Crippen molar-refractivity contribution in [3.05, 3.63) is 35.0 Å². The van der Waals surface area contributed by atoms with E-state index in [1.165, 1.54) is 0 Å².